The first kappa shape index (κ1) is 26.7. The fourth-order valence-electron chi connectivity index (χ4n) is 4.71. The van der Waals surface area contributed by atoms with Crippen molar-refractivity contribution in [2.75, 3.05) is 6.54 Å². The van der Waals surface area contributed by atoms with Crippen LogP contribution in [0.1, 0.15) is 81.0 Å². The number of amides is 1. The molecule has 0 saturated carbocycles. The fraction of sp³-hybridized carbons (Fsp3) is 0.517. The Morgan fingerprint density at radius 1 is 0.914 bits per heavy atom. The van der Waals surface area contributed by atoms with Crippen molar-refractivity contribution in [3.8, 4) is 11.1 Å². The molecule has 0 fully saturated rings. The lowest BCUT2D eigenvalue weighted by atomic mass is 9.80. The molecule has 1 aliphatic rings. The minimum Gasteiger partial charge on any atom is -0.479 e. The van der Waals surface area contributed by atoms with Crippen LogP contribution in [0.2, 0.25) is 0 Å². The van der Waals surface area contributed by atoms with Crippen molar-refractivity contribution in [1.82, 2.24) is 4.90 Å². The van der Waals surface area contributed by atoms with Gasteiger partial charge in [0.1, 0.15) is 5.60 Å². The van der Waals surface area contributed by atoms with Gasteiger partial charge in [-0.05, 0) is 102 Å². The van der Waals surface area contributed by atoms with Gasteiger partial charge >= 0.3 is 12.1 Å². The number of aryl methyl sites for hydroxylation is 1. The number of fused-ring (bicyclic) bond motifs is 1. The van der Waals surface area contributed by atoms with Gasteiger partial charge in [0, 0.05) is 18.7 Å². The number of carbonyl (C=O) groups is 2. The quantitative estimate of drug-likeness (QED) is 0.538. The molecular formula is C29H39NO5. The number of hydrogen-bond donors (Lipinski definition) is 1. The van der Waals surface area contributed by atoms with Gasteiger partial charge in [0.25, 0.3) is 0 Å². The Morgan fingerprint density at radius 3 is 2.03 bits per heavy atom. The molecule has 0 aliphatic carbocycles. The molecule has 1 aliphatic heterocycles. The van der Waals surface area contributed by atoms with E-state index in [4.69, 9.17) is 9.47 Å². The van der Waals surface area contributed by atoms with E-state index in [1.54, 1.807) is 4.90 Å². The van der Waals surface area contributed by atoms with Crippen LogP contribution in [0.15, 0.2) is 24.3 Å². The van der Waals surface area contributed by atoms with Crippen LogP contribution in [0.4, 0.5) is 4.79 Å². The van der Waals surface area contributed by atoms with Gasteiger partial charge in [-0.15, -0.1) is 0 Å². The summed E-state index contributed by atoms with van der Waals surface area (Å²) in [6.45, 7) is 18.2. The molecule has 2 aromatic carbocycles. The number of rotatable bonds is 4. The number of nitrogens with zero attached hydrogens (tertiary/aromatic N) is 1. The summed E-state index contributed by atoms with van der Waals surface area (Å²) >= 11 is 0. The maximum absolute atomic E-state index is 12.8. The lowest BCUT2D eigenvalue weighted by Gasteiger charge is -2.36. The van der Waals surface area contributed by atoms with Crippen LogP contribution in [0.25, 0.3) is 11.1 Å². The summed E-state index contributed by atoms with van der Waals surface area (Å²) < 4.78 is 11.8. The summed E-state index contributed by atoms with van der Waals surface area (Å²) in [5.41, 5.74) is 6.45. The third-order valence-corrected chi connectivity index (χ3v) is 6.25. The van der Waals surface area contributed by atoms with Crippen molar-refractivity contribution in [1.29, 1.82) is 0 Å². The normalized spacial score (nSPS) is 14.9. The molecular weight excluding hydrogens is 442 g/mol. The maximum Gasteiger partial charge on any atom is 0.410 e. The van der Waals surface area contributed by atoms with Gasteiger partial charge in [-0.3, -0.25) is 0 Å². The Labute approximate surface area is 209 Å². The lowest BCUT2D eigenvalue weighted by molar-refractivity contribution is -0.160. The Kier molecular flexibility index (Phi) is 7.37. The van der Waals surface area contributed by atoms with Crippen LogP contribution in [0, 0.1) is 20.8 Å². The molecule has 0 saturated heterocycles. The van der Waals surface area contributed by atoms with Gasteiger partial charge in [0.15, 0.2) is 6.10 Å². The monoisotopic (exact) mass is 481 g/mol. The third kappa shape index (κ3) is 6.04. The summed E-state index contributed by atoms with van der Waals surface area (Å²) in [5, 5.41) is 10.3. The summed E-state index contributed by atoms with van der Waals surface area (Å²) in [6, 6.07) is 8.11. The van der Waals surface area contributed by atoms with E-state index in [9.17, 15) is 14.7 Å². The number of carboxylic acid groups (broad SMARTS) is 1. The van der Waals surface area contributed by atoms with Crippen LogP contribution in [0.3, 0.4) is 0 Å². The molecule has 0 spiro atoms. The van der Waals surface area contributed by atoms with E-state index in [0.29, 0.717) is 25.1 Å². The Bertz CT molecular complexity index is 1120. The van der Waals surface area contributed by atoms with Crippen molar-refractivity contribution in [3.05, 3.63) is 57.6 Å². The molecule has 6 heteroatoms. The number of ether oxygens (including phenoxy) is 2. The summed E-state index contributed by atoms with van der Waals surface area (Å²) in [6.07, 6.45) is -0.815. The van der Waals surface area contributed by atoms with Crippen LogP contribution < -0.4 is 0 Å². The molecule has 2 aromatic rings. The predicted octanol–water partition coefficient (Wildman–Crippen LogP) is 6.51. The molecule has 0 aromatic heterocycles. The molecule has 6 nitrogen and oxygen atoms in total. The second kappa shape index (κ2) is 9.65. The minimum absolute atomic E-state index is 0.333. The zero-order valence-electron chi connectivity index (χ0n) is 22.5. The average Bonchev–Trinajstić information content (AvgIpc) is 2.73. The van der Waals surface area contributed by atoms with E-state index in [-0.39, 0.29) is 6.09 Å². The first-order valence-corrected chi connectivity index (χ1v) is 12.2. The molecule has 1 heterocycles. The van der Waals surface area contributed by atoms with E-state index < -0.39 is 23.3 Å². The molecule has 0 unspecified atom stereocenters. The third-order valence-electron chi connectivity index (χ3n) is 6.25. The number of aliphatic carboxylic acids is 1. The average molecular weight is 482 g/mol. The van der Waals surface area contributed by atoms with Gasteiger partial charge in [0.05, 0.1) is 5.60 Å². The molecule has 0 bridgehead atoms. The van der Waals surface area contributed by atoms with Crippen LogP contribution in [0.5, 0.6) is 0 Å². The van der Waals surface area contributed by atoms with Gasteiger partial charge < -0.3 is 19.5 Å². The van der Waals surface area contributed by atoms with Gasteiger partial charge in [-0.2, -0.15) is 0 Å². The zero-order chi connectivity index (χ0) is 26.3. The second-order valence-corrected chi connectivity index (χ2v) is 11.5. The highest BCUT2D eigenvalue weighted by atomic mass is 16.6. The van der Waals surface area contributed by atoms with Crippen LogP contribution >= 0.6 is 0 Å². The standard InChI is InChI=1S/C29H39NO5/c1-17-10-12-20(13-11-17)23-19(3)22-16-30(27(33)35-29(7,8)9)15-14-21(22)18(2)24(23)25(26(31)32)34-28(4,5)6/h10-13,25H,14-16H2,1-9H3,(H,31,32)/t25-/m0/s1. The minimum atomic E-state index is -1.11. The fourth-order valence-corrected chi connectivity index (χ4v) is 4.71. The molecule has 1 amide bonds. The van der Waals surface area contributed by atoms with E-state index in [1.807, 2.05) is 86.6 Å². The topological polar surface area (TPSA) is 76.1 Å². The van der Waals surface area contributed by atoms with Gasteiger partial charge in [-0.25, -0.2) is 9.59 Å². The van der Waals surface area contributed by atoms with E-state index in [2.05, 4.69) is 0 Å². The smallest absolute Gasteiger partial charge is 0.410 e. The van der Waals surface area contributed by atoms with Crippen molar-refractivity contribution < 1.29 is 24.2 Å². The number of carbonyl (C=O) groups excluding carboxylic acids is 1. The second-order valence-electron chi connectivity index (χ2n) is 11.5. The van der Waals surface area contributed by atoms with Gasteiger partial charge in [0.2, 0.25) is 0 Å². The van der Waals surface area contributed by atoms with Crippen molar-refractivity contribution >= 4 is 12.1 Å². The Hall–Kier alpha value is -2.86. The summed E-state index contributed by atoms with van der Waals surface area (Å²) in [7, 11) is 0. The zero-order valence-corrected chi connectivity index (χ0v) is 22.5. The molecule has 0 radical (unpaired) electrons. The first-order valence-electron chi connectivity index (χ1n) is 12.2. The van der Waals surface area contributed by atoms with Crippen LogP contribution in [-0.4, -0.2) is 39.8 Å². The largest absolute Gasteiger partial charge is 0.479 e. The van der Waals surface area contributed by atoms with Crippen molar-refractivity contribution in [3.63, 3.8) is 0 Å². The van der Waals surface area contributed by atoms with Gasteiger partial charge in [-0.1, -0.05) is 29.8 Å². The summed E-state index contributed by atoms with van der Waals surface area (Å²) in [4.78, 5) is 27.1. The van der Waals surface area contributed by atoms with Crippen LogP contribution in [-0.2, 0) is 27.2 Å². The number of benzene rings is 2. The highest BCUT2D eigenvalue weighted by Gasteiger charge is 2.35. The summed E-state index contributed by atoms with van der Waals surface area (Å²) in [5.74, 6) is -1.01. The predicted molar refractivity (Wildman–Crippen MR) is 138 cm³/mol. The highest BCUT2D eigenvalue weighted by Crippen LogP contribution is 2.42. The molecule has 1 atom stereocenters. The number of hydrogen-bond acceptors (Lipinski definition) is 4. The molecule has 3 rings (SSSR count). The number of carboxylic acids is 1. The first-order chi connectivity index (χ1) is 16.1. The SMILES string of the molecule is Cc1ccc(-c2c(C)c3c(c(C)c2[C@H](OC(C)(C)C)C(=O)O)CCN(C(=O)OC(C)(C)C)C3)cc1. The van der Waals surface area contributed by atoms with Crippen molar-refractivity contribution in [2.24, 2.45) is 0 Å². The molecule has 190 valence electrons. The lowest BCUT2D eigenvalue weighted by Crippen LogP contribution is -2.40. The highest BCUT2D eigenvalue weighted by molar-refractivity contribution is 5.84. The molecule has 35 heavy (non-hydrogen) atoms. The molecule has 1 N–H and O–H groups in total. The van der Waals surface area contributed by atoms with E-state index in [1.165, 1.54) is 0 Å². The Morgan fingerprint density at radius 2 is 1.51 bits per heavy atom. The van der Waals surface area contributed by atoms with Crippen molar-refractivity contribution in [2.45, 2.75) is 92.6 Å². The van der Waals surface area contributed by atoms with E-state index >= 15 is 0 Å². The Balaban J connectivity index is 2.23. The maximum atomic E-state index is 12.8. The van der Waals surface area contributed by atoms with E-state index in [0.717, 1.165) is 38.9 Å².